The van der Waals surface area contributed by atoms with Crippen molar-refractivity contribution in [2.45, 2.75) is 12.8 Å². The largest absolute Gasteiger partial charge is 0.497 e. The Morgan fingerprint density at radius 3 is 2.61 bits per heavy atom. The molecule has 1 aliphatic heterocycles. The molecule has 1 aromatic carbocycles. The summed E-state index contributed by atoms with van der Waals surface area (Å²) in [4.78, 5) is 35.2. The predicted molar refractivity (Wildman–Crippen MR) is 127 cm³/mol. The zero-order chi connectivity index (χ0) is 22.8. The van der Waals surface area contributed by atoms with Crippen molar-refractivity contribution in [3.8, 4) is 16.2 Å². The first kappa shape index (κ1) is 21.5. The first-order valence-electron chi connectivity index (χ1n) is 11.0. The van der Waals surface area contributed by atoms with Gasteiger partial charge in [-0.2, -0.15) is 0 Å². The lowest BCUT2D eigenvalue weighted by Gasteiger charge is -2.35. The average Bonchev–Trinajstić information content (AvgIpc) is 3.32. The zero-order valence-corrected chi connectivity index (χ0v) is 19.3. The summed E-state index contributed by atoms with van der Waals surface area (Å²) < 4.78 is 10.7. The van der Waals surface area contributed by atoms with Crippen LogP contribution in [0.15, 0.2) is 48.7 Å². The number of carbonyl (C=O) groups excluding carboxylic acids is 2. The molecule has 3 heterocycles. The third-order valence-electron chi connectivity index (χ3n) is 6.16. The molecule has 1 fully saturated rings. The monoisotopic (exact) mass is 463 g/mol. The van der Waals surface area contributed by atoms with E-state index in [0.717, 1.165) is 40.4 Å². The van der Waals surface area contributed by atoms with E-state index in [4.69, 9.17) is 9.47 Å². The number of anilines is 1. The second-order valence-electron chi connectivity index (χ2n) is 8.12. The number of hydrogen-bond acceptors (Lipinski definition) is 7. The molecule has 8 heteroatoms. The van der Waals surface area contributed by atoms with Crippen LogP contribution in [0.5, 0.6) is 5.75 Å². The summed E-state index contributed by atoms with van der Waals surface area (Å²) in [6.07, 6.45) is 3.55. The number of hydrogen-bond donors (Lipinski definition) is 0. The highest BCUT2D eigenvalue weighted by Gasteiger charge is 2.25. The number of rotatable bonds is 5. The van der Waals surface area contributed by atoms with E-state index in [0.29, 0.717) is 31.1 Å². The molecule has 2 aliphatic rings. The molecule has 3 aromatic rings. The maximum atomic E-state index is 12.7. The van der Waals surface area contributed by atoms with Gasteiger partial charge in [-0.15, -0.1) is 11.3 Å². The van der Waals surface area contributed by atoms with Crippen LogP contribution in [0.4, 0.5) is 5.82 Å². The van der Waals surface area contributed by atoms with Crippen LogP contribution in [0.2, 0.25) is 0 Å². The van der Waals surface area contributed by atoms with Gasteiger partial charge in [0.2, 0.25) is 0 Å². The second-order valence-corrected chi connectivity index (χ2v) is 9.17. The molecule has 5 rings (SSSR count). The van der Waals surface area contributed by atoms with Crippen molar-refractivity contribution in [3.05, 3.63) is 64.7 Å². The highest BCUT2D eigenvalue weighted by Crippen LogP contribution is 2.41. The minimum absolute atomic E-state index is 0.164. The lowest BCUT2D eigenvalue weighted by atomic mass is 9.91. The van der Waals surface area contributed by atoms with Crippen LogP contribution in [0, 0.1) is 0 Å². The molecule has 0 spiro atoms. The Bertz CT molecular complexity index is 1170. The standard InChI is InChI=1S/C25H25N3O4S/c1-31-19-7-8-20-17(14-19)5-6-18-15-21(33-24(18)20)25(30)32-16-23(29)28-12-10-27(11-13-28)22-4-2-3-9-26-22/h2-4,7-9,14-15H,5-6,10-13,16H2,1H3. The fourth-order valence-corrected chi connectivity index (χ4v) is 5.52. The van der Waals surface area contributed by atoms with Gasteiger partial charge in [0.05, 0.1) is 7.11 Å². The van der Waals surface area contributed by atoms with Crippen molar-refractivity contribution in [3.63, 3.8) is 0 Å². The van der Waals surface area contributed by atoms with Crippen molar-refractivity contribution < 1.29 is 19.1 Å². The van der Waals surface area contributed by atoms with Crippen molar-refractivity contribution in [2.75, 3.05) is 44.8 Å². The minimum Gasteiger partial charge on any atom is -0.497 e. The molecular weight excluding hydrogens is 438 g/mol. The summed E-state index contributed by atoms with van der Waals surface area (Å²) in [7, 11) is 1.66. The third-order valence-corrected chi connectivity index (χ3v) is 7.35. The first-order chi connectivity index (χ1) is 16.1. The van der Waals surface area contributed by atoms with E-state index >= 15 is 0 Å². The quantitative estimate of drug-likeness (QED) is 0.540. The average molecular weight is 464 g/mol. The lowest BCUT2D eigenvalue weighted by molar-refractivity contribution is -0.134. The van der Waals surface area contributed by atoms with Gasteiger partial charge in [-0.1, -0.05) is 6.07 Å². The van der Waals surface area contributed by atoms with E-state index in [1.54, 1.807) is 18.2 Å². The van der Waals surface area contributed by atoms with Crippen LogP contribution >= 0.6 is 11.3 Å². The predicted octanol–water partition coefficient (Wildman–Crippen LogP) is 3.42. The van der Waals surface area contributed by atoms with Gasteiger partial charge >= 0.3 is 5.97 Å². The van der Waals surface area contributed by atoms with E-state index in [9.17, 15) is 9.59 Å². The van der Waals surface area contributed by atoms with Crippen LogP contribution in [-0.2, 0) is 22.4 Å². The fourth-order valence-electron chi connectivity index (χ4n) is 4.35. The number of ether oxygens (including phenoxy) is 2. The number of nitrogens with zero attached hydrogens (tertiary/aromatic N) is 3. The molecule has 1 aliphatic carbocycles. The van der Waals surface area contributed by atoms with Gasteiger partial charge in [0.25, 0.3) is 5.91 Å². The lowest BCUT2D eigenvalue weighted by Crippen LogP contribution is -2.50. The normalized spacial score (nSPS) is 14.9. The second kappa shape index (κ2) is 9.23. The smallest absolute Gasteiger partial charge is 0.348 e. The Kier molecular flexibility index (Phi) is 6.00. The number of benzene rings is 1. The number of pyridine rings is 1. The molecular formula is C25H25N3O4S. The third kappa shape index (κ3) is 4.43. The topological polar surface area (TPSA) is 72.0 Å². The van der Waals surface area contributed by atoms with E-state index in [1.807, 2.05) is 36.4 Å². The van der Waals surface area contributed by atoms with Gasteiger partial charge in [-0.05, 0) is 65.9 Å². The van der Waals surface area contributed by atoms with Crippen LogP contribution in [0.1, 0.15) is 20.8 Å². The van der Waals surface area contributed by atoms with Gasteiger partial charge in [0.15, 0.2) is 6.61 Å². The Labute approximate surface area is 196 Å². The maximum Gasteiger partial charge on any atom is 0.348 e. The van der Waals surface area contributed by atoms with Crippen molar-refractivity contribution >= 4 is 29.0 Å². The fraction of sp³-hybridized carbons (Fsp3) is 0.320. The number of amides is 1. The van der Waals surface area contributed by atoms with E-state index < -0.39 is 5.97 Å². The molecule has 170 valence electrons. The van der Waals surface area contributed by atoms with Crippen molar-refractivity contribution in [2.24, 2.45) is 0 Å². The van der Waals surface area contributed by atoms with Gasteiger partial charge in [0.1, 0.15) is 16.4 Å². The summed E-state index contributed by atoms with van der Waals surface area (Å²) in [5, 5.41) is 0. The van der Waals surface area contributed by atoms with E-state index in [-0.39, 0.29) is 12.5 Å². The Morgan fingerprint density at radius 2 is 1.85 bits per heavy atom. The number of aryl methyl sites for hydroxylation is 2. The van der Waals surface area contributed by atoms with Gasteiger partial charge in [0, 0.05) is 37.3 Å². The minimum atomic E-state index is -0.440. The molecule has 0 N–H and O–H groups in total. The highest BCUT2D eigenvalue weighted by atomic mass is 32.1. The summed E-state index contributed by atoms with van der Waals surface area (Å²) in [6, 6.07) is 13.8. The molecule has 2 aromatic heterocycles. The Balaban J connectivity index is 1.18. The molecule has 0 radical (unpaired) electrons. The van der Waals surface area contributed by atoms with Crippen LogP contribution in [0.3, 0.4) is 0 Å². The molecule has 0 saturated carbocycles. The van der Waals surface area contributed by atoms with Gasteiger partial charge in [-0.25, -0.2) is 9.78 Å². The molecule has 0 unspecified atom stereocenters. The summed E-state index contributed by atoms with van der Waals surface area (Å²) >= 11 is 1.43. The molecule has 0 bridgehead atoms. The Morgan fingerprint density at radius 1 is 1.03 bits per heavy atom. The summed E-state index contributed by atoms with van der Waals surface area (Å²) in [5.41, 5.74) is 3.52. The van der Waals surface area contributed by atoms with Gasteiger partial charge in [-0.3, -0.25) is 4.79 Å². The van der Waals surface area contributed by atoms with E-state index in [1.165, 1.54) is 16.9 Å². The Hall–Kier alpha value is -3.39. The number of aromatic nitrogens is 1. The SMILES string of the molecule is COc1ccc2c(c1)CCc1cc(C(=O)OCC(=O)N3CCN(c4ccccn4)CC3)sc1-2. The summed E-state index contributed by atoms with van der Waals surface area (Å²) in [6.45, 7) is 2.34. The number of esters is 1. The molecule has 7 nitrogen and oxygen atoms in total. The summed E-state index contributed by atoms with van der Waals surface area (Å²) in [5.74, 6) is 1.15. The molecule has 33 heavy (non-hydrogen) atoms. The number of thiophene rings is 1. The van der Waals surface area contributed by atoms with Crippen LogP contribution < -0.4 is 9.64 Å². The number of piperazine rings is 1. The molecule has 1 amide bonds. The zero-order valence-electron chi connectivity index (χ0n) is 18.5. The molecule has 0 atom stereocenters. The van der Waals surface area contributed by atoms with Crippen molar-refractivity contribution in [1.82, 2.24) is 9.88 Å². The highest BCUT2D eigenvalue weighted by molar-refractivity contribution is 7.17. The number of methoxy groups -OCH3 is 1. The maximum absolute atomic E-state index is 12.7. The number of fused-ring (bicyclic) bond motifs is 3. The van der Waals surface area contributed by atoms with Crippen molar-refractivity contribution in [1.29, 1.82) is 0 Å². The van der Waals surface area contributed by atoms with E-state index in [2.05, 4.69) is 16.0 Å². The first-order valence-corrected chi connectivity index (χ1v) is 11.8. The number of carbonyl (C=O) groups is 2. The molecule has 1 saturated heterocycles. The van der Waals surface area contributed by atoms with Crippen LogP contribution in [-0.4, -0.2) is 61.7 Å². The van der Waals surface area contributed by atoms with Crippen LogP contribution in [0.25, 0.3) is 10.4 Å². The van der Waals surface area contributed by atoms with Gasteiger partial charge < -0.3 is 19.3 Å².